The Balaban J connectivity index is 2.58. The molecule has 0 fully saturated rings. The van der Waals surface area contributed by atoms with Gasteiger partial charge in [0.25, 0.3) is 0 Å². The molecule has 2 N–H and O–H groups in total. The first-order valence-corrected chi connectivity index (χ1v) is 6.83. The van der Waals surface area contributed by atoms with Gasteiger partial charge in [-0.2, -0.15) is 0 Å². The maximum atomic E-state index is 11.9. The Labute approximate surface area is 119 Å². The average molecular weight is 285 g/mol. The van der Waals surface area contributed by atoms with Crippen molar-refractivity contribution in [2.75, 3.05) is 31.6 Å². The quantitative estimate of drug-likeness (QED) is 0.808. The molecule has 106 valence electrons. The Morgan fingerprint density at radius 2 is 2.16 bits per heavy atom. The molecule has 0 aliphatic heterocycles. The summed E-state index contributed by atoms with van der Waals surface area (Å²) in [6, 6.07) is 5.51. The Hall–Kier alpha value is -1.10. The number of anilines is 1. The fraction of sp³-hybridized carbons (Fsp3) is 0.500. The van der Waals surface area contributed by atoms with E-state index in [0.717, 1.165) is 18.5 Å². The molecule has 0 aromatic heterocycles. The van der Waals surface area contributed by atoms with Crippen LogP contribution in [-0.2, 0) is 4.79 Å². The standard InChI is InChI=1S/C14H21ClN2O2/c1-3-6-17(7-8-18)10-14(19)16-13-5-4-11(2)9-12(13)15/h4-5,9,18H,3,6-8,10H2,1-2H3,(H,16,19). The summed E-state index contributed by atoms with van der Waals surface area (Å²) in [6.07, 6.45) is 0.943. The van der Waals surface area contributed by atoms with Crippen molar-refractivity contribution in [2.24, 2.45) is 0 Å². The van der Waals surface area contributed by atoms with Crippen molar-refractivity contribution in [2.45, 2.75) is 20.3 Å². The van der Waals surface area contributed by atoms with Gasteiger partial charge in [0.2, 0.25) is 5.91 Å². The molecule has 4 nitrogen and oxygen atoms in total. The van der Waals surface area contributed by atoms with Crippen LogP contribution in [0, 0.1) is 6.92 Å². The van der Waals surface area contributed by atoms with Crippen molar-refractivity contribution in [3.05, 3.63) is 28.8 Å². The maximum Gasteiger partial charge on any atom is 0.238 e. The number of aryl methyl sites for hydroxylation is 1. The van der Waals surface area contributed by atoms with Crippen LogP contribution in [0.25, 0.3) is 0 Å². The van der Waals surface area contributed by atoms with Crippen LogP contribution >= 0.6 is 11.6 Å². The third-order valence-corrected chi connectivity index (χ3v) is 3.03. The molecule has 0 spiro atoms. The molecule has 0 aliphatic rings. The summed E-state index contributed by atoms with van der Waals surface area (Å²) in [5, 5.41) is 12.3. The molecule has 0 unspecified atom stereocenters. The monoisotopic (exact) mass is 284 g/mol. The van der Waals surface area contributed by atoms with Crippen molar-refractivity contribution in [1.29, 1.82) is 0 Å². The van der Waals surface area contributed by atoms with Gasteiger partial charge < -0.3 is 10.4 Å². The van der Waals surface area contributed by atoms with Crippen molar-refractivity contribution in [3.63, 3.8) is 0 Å². The molecular weight excluding hydrogens is 264 g/mol. The normalized spacial score (nSPS) is 10.8. The summed E-state index contributed by atoms with van der Waals surface area (Å²) in [6.45, 7) is 5.59. The van der Waals surface area contributed by atoms with Crippen LogP contribution in [0.4, 0.5) is 5.69 Å². The number of halogens is 1. The lowest BCUT2D eigenvalue weighted by atomic mass is 10.2. The second-order valence-corrected chi connectivity index (χ2v) is 4.94. The lowest BCUT2D eigenvalue weighted by Gasteiger charge is -2.20. The van der Waals surface area contributed by atoms with Gasteiger partial charge in [0.1, 0.15) is 0 Å². The molecular formula is C14H21ClN2O2. The topological polar surface area (TPSA) is 52.6 Å². The molecule has 5 heteroatoms. The largest absolute Gasteiger partial charge is 0.395 e. The number of hydrogen-bond donors (Lipinski definition) is 2. The van der Waals surface area contributed by atoms with Crippen LogP contribution in [0.1, 0.15) is 18.9 Å². The van der Waals surface area contributed by atoms with Crippen molar-refractivity contribution >= 4 is 23.2 Å². The van der Waals surface area contributed by atoms with Crippen molar-refractivity contribution in [3.8, 4) is 0 Å². The molecule has 1 aromatic rings. The van der Waals surface area contributed by atoms with Gasteiger partial charge >= 0.3 is 0 Å². The number of carbonyl (C=O) groups excluding carboxylic acids is 1. The first-order valence-electron chi connectivity index (χ1n) is 6.46. The lowest BCUT2D eigenvalue weighted by molar-refractivity contribution is -0.117. The summed E-state index contributed by atoms with van der Waals surface area (Å²) in [5.41, 5.74) is 1.67. The fourth-order valence-corrected chi connectivity index (χ4v) is 2.12. The molecule has 0 bridgehead atoms. The zero-order valence-electron chi connectivity index (χ0n) is 11.4. The van der Waals surface area contributed by atoms with Crippen LogP contribution in [0.3, 0.4) is 0 Å². The minimum Gasteiger partial charge on any atom is -0.395 e. The molecule has 1 rings (SSSR count). The Morgan fingerprint density at radius 3 is 2.74 bits per heavy atom. The summed E-state index contributed by atoms with van der Waals surface area (Å²) < 4.78 is 0. The van der Waals surface area contributed by atoms with Gasteiger partial charge in [0, 0.05) is 6.54 Å². The van der Waals surface area contributed by atoms with E-state index in [1.165, 1.54) is 0 Å². The number of rotatable bonds is 7. The lowest BCUT2D eigenvalue weighted by Crippen LogP contribution is -2.35. The van der Waals surface area contributed by atoms with Gasteiger partial charge in [0.05, 0.1) is 23.9 Å². The van der Waals surface area contributed by atoms with E-state index in [1.54, 1.807) is 6.07 Å². The highest BCUT2D eigenvalue weighted by molar-refractivity contribution is 6.33. The third-order valence-electron chi connectivity index (χ3n) is 2.72. The number of benzene rings is 1. The fourth-order valence-electron chi connectivity index (χ4n) is 1.84. The van der Waals surface area contributed by atoms with Gasteiger partial charge in [-0.1, -0.05) is 24.6 Å². The molecule has 0 aliphatic carbocycles. The van der Waals surface area contributed by atoms with E-state index >= 15 is 0 Å². The Bertz CT molecular complexity index is 418. The number of aliphatic hydroxyl groups excluding tert-OH is 1. The van der Waals surface area contributed by atoms with Crippen LogP contribution in [0.2, 0.25) is 5.02 Å². The van der Waals surface area contributed by atoms with E-state index < -0.39 is 0 Å². The third kappa shape index (κ3) is 5.59. The SMILES string of the molecule is CCCN(CCO)CC(=O)Nc1ccc(C)cc1Cl. The molecule has 1 aromatic carbocycles. The molecule has 0 radical (unpaired) electrons. The predicted octanol–water partition coefficient (Wildman–Crippen LogP) is 2.29. The molecule has 19 heavy (non-hydrogen) atoms. The van der Waals surface area contributed by atoms with Crippen LogP contribution in [0.15, 0.2) is 18.2 Å². The molecule has 1 amide bonds. The molecule has 0 atom stereocenters. The van der Waals surface area contributed by atoms with Crippen LogP contribution in [-0.4, -0.2) is 42.2 Å². The highest BCUT2D eigenvalue weighted by Crippen LogP contribution is 2.22. The Kier molecular flexibility index (Phi) is 6.84. The summed E-state index contributed by atoms with van der Waals surface area (Å²) >= 11 is 6.06. The van der Waals surface area contributed by atoms with Gasteiger partial charge in [0.15, 0.2) is 0 Å². The summed E-state index contributed by atoms with van der Waals surface area (Å²) in [5.74, 6) is -0.118. The number of nitrogens with one attached hydrogen (secondary N) is 1. The van der Waals surface area contributed by atoms with E-state index in [2.05, 4.69) is 5.32 Å². The maximum absolute atomic E-state index is 11.9. The number of aliphatic hydroxyl groups is 1. The number of hydrogen-bond acceptors (Lipinski definition) is 3. The van der Waals surface area contributed by atoms with Gasteiger partial charge in [-0.05, 0) is 37.6 Å². The van der Waals surface area contributed by atoms with Crippen molar-refractivity contribution in [1.82, 2.24) is 4.90 Å². The van der Waals surface area contributed by atoms with E-state index in [0.29, 0.717) is 17.3 Å². The van der Waals surface area contributed by atoms with E-state index in [-0.39, 0.29) is 19.1 Å². The highest BCUT2D eigenvalue weighted by atomic mass is 35.5. The second-order valence-electron chi connectivity index (χ2n) is 4.53. The average Bonchev–Trinajstić information content (AvgIpc) is 2.33. The highest BCUT2D eigenvalue weighted by Gasteiger charge is 2.11. The second kappa shape index (κ2) is 8.15. The molecule has 0 saturated carbocycles. The van der Waals surface area contributed by atoms with Crippen LogP contribution in [0.5, 0.6) is 0 Å². The first kappa shape index (κ1) is 16.0. The number of amides is 1. The minimum atomic E-state index is -0.118. The minimum absolute atomic E-state index is 0.0541. The number of nitrogens with zero attached hydrogens (tertiary/aromatic N) is 1. The van der Waals surface area contributed by atoms with E-state index in [1.807, 2.05) is 30.9 Å². The smallest absolute Gasteiger partial charge is 0.238 e. The predicted molar refractivity (Wildman–Crippen MR) is 78.6 cm³/mol. The van der Waals surface area contributed by atoms with E-state index in [9.17, 15) is 4.79 Å². The van der Waals surface area contributed by atoms with E-state index in [4.69, 9.17) is 16.7 Å². The van der Waals surface area contributed by atoms with Crippen LogP contribution < -0.4 is 5.32 Å². The number of carbonyl (C=O) groups is 1. The zero-order valence-corrected chi connectivity index (χ0v) is 12.2. The summed E-state index contributed by atoms with van der Waals surface area (Å²) in [4.78, 5) is 13.8. The van der Waals surface area contributed by atoms with Gasteiger partial charge in [-0.15, -0.1) is 0 Å². The molecule has 0 heterocycles. The van der Waals surface area contributed by atoms with Gasteiger partial charge in [-0.25, -0.2) is 0 Å². The summed E-state index contributed by atoms with van der Waals surface area (Å²) in [7, 11) is 0. The van der Waals surface area contributed by atoms with Crippen molar-refractivity contribution < 1.29 is 9.90 Å². The molecule has 0 saturated heterocycles. The van der Waals surface area contributed by atoms with Gasteiger partial charge in [-0.3, -0.25) is 9.69 Å². The first-order chi connectivity index (χ1) is 9.06. The Morgan fingerprint density at radius 1 is 1.42 bits per heavy atom. The zero-order chi connectivity index (χ0) is 14.3.